The third-order valence-corrected chi connectivity index (χ3v) is 2.70. The van der Waals surface area contributed by atoms with Gasteiger partial charge in [-0.25, -0.2) is 0 Å². The molecule has 1 N–H and O–H groups in total. The zero-order chi connectivity index (χ0) is 8.55. The molecule has 0 saturated heterocycles. The van der Waals surface area contributed by atoms with Gasteiger partial charge in [0.15, 0.2) is 0 Å². The van der Waals surface area contributed by atoms with Crippen LogP contribution >= 0.6 is 0 Å². The van der Waals surface area contributed by atoms with Crippen molar-refractivity contribution >= 4 is 5.69 Å². The van der Waals surface area contributed by atoms with Crippen LogP contribution in [0.1, 0.15) is 12.5 Å². The second-order valence-corrected chi connectivity index (χ2v) is 3.95. The van der Waals surface area contributed by atoms with E-state index in [1.807, 2.05) is 0 Å². The van der Waals surface area contributed by atoms with Gasteiger partial charge in [0, 0.05) is 11.5 Å². The molecule has 1 heteroatoms. The molecule has 2 unspecified atom stereocenters. The van der Waals surface area contributed by atoms with Gasteiger partial charge in [0.2, 0.25) is 0 Å². The van der Waals surface area contributed by atoms with E-state index in [4.69, 9.17) is 0 Å². The maximum Gasteiger partial charge on any atom is 0.134 e. The van der Waals surface area contributed by atoms with Crippen LogP contribution in [0.4, 0.5) is 5.69 Å². The second-order valence-electron chi connectivity index (χ2n) is 3.95. The Hall–Kier alpha value is -0.820. The standard InChI is InChI=1S/C11H15N/c1-9-7-10-5-3-4-6-11(10)12(2)8-9/h3-6,9H,7-8H2,1-2H3/p+1. The predicted molar refractivity (Wildman–Crippen MR) is 50.7 cm³/mol. The summed E-state index contributed by atoms with van der Waals surface area (Å²) in [5.41, 5.74) is 3.03. The molecule has 0 aromatic heterocycles. The fourth-order valence-corrected chi connectivity index (χ4v) is 2.19. The summed E-state index contributed by atoms with van der Waals surface area (Å²) in [4.78, 5) is 1.56. The summed E-state index contributed by atoms with van der Waals surface area (Å²) in [6.07, 6.45) is 1.26. The molecule has 1 aromatic rings. The smallest absolute Gasteiger partial charge is 0.134 e. The Kier molecular flexibility index (Phi) is 1.89. The number of rotatable bonds is 0. The fourth-order valence-electron chi connectivity index (χ4n) is 2.19. The minimum atomic E-state index is 0.833. The third kappa shape index (κ3) is 1.25. The van der Waals surface area contributed by atoms with Crippen LogP contribution in [0.15, 0.2) is 24.3 Å². The Morgan fingerprint density at radius 1 is 1.33 bits per heavy atom. The van der Waals surface area contributed by atoms with Crippen molar-refractivity contribution in [3.63, 3.8) is 0 Å². The average Bonchev–Trinajstić information content (AvgIpc) is 2.04. The number of hydrogen-bond acceptors (Lipinski definition) is 0. The zero-order valence-electron chi connectivity index (χ0n) is 7.80. The molecule has 1 aliphatic heterocycles. The Balaban J connectivity index is 2.40. The highest BCUT2D eigenvalue weighted by atomic mass is 15.1. The molecule has 2 atom stereocenters. The molecule has 64 valence electrons. The lowest BCUT2D eigenvalue weighted by molar-refractivity contribution is -0.817. The van der Waals surface area contributed by atoms with Gasteiger partial charge in [-0.2, -0.15) is 0 Å². The average molecular weight is 162 g/mol. The van der Waals surface area contributed by atoms with Crippen LogP contribution < -0.4 is 4.90 Å². The van der Waals surface area contributed by atoms with Crippen LogP contribution in [0.2, 0.25) is 0 Å². The largest absolute Gasteiger partial charge is 0.304 e. The van der Waals surface area contributed by atoms with E-state index in [9.17, 15) is 0 Å². The van der Waals surface area contributed by atoms with E-state index in [1.165, 1.54) is 24.2 Å². The lowest BCUT2D eigenvalue weighted by atomic mass is 9.94. The van der Waals surface area contributed by atoms with Gasteiger partial charge in [-0.3, -0.25) is 0 Å². The maximum atomic E-state index is 2.33. The van der Waals surface area contributed by atoms with Gasteiger partial charge in [0.05, 0.1) is 13.6 Å². The first-order valence-electron chi connectivity index (χ1n) is 4.68. The van der Waals surface area contributed by atoms with Crippen molar-refractivity contribution in [2.24, 2.45) is 5.92 Å². The summed E-state index contributed by atoms with van der Waals surface area (Å²) in [6.45, 7) is 3.61. The summed E-state index contributed by atoms with van der Waals surface area (Å²) in [7, 11) is 2.26. The topological polar surface area (TPSA) is 4.44 Å². The van der Waals surface area contributed by atoms with Gasteiger partial charge in [-0.1, -0.05) is 25.1 Å². The second kappa shape index (κ2) is 2.91. The van der Waals surface area contributed by atoms with Gasteiger partial charge in [0.1, 0.15) is 5.69 Å². The van der Waals surface area contributed by atoms with Crippen LogP contribution in [0.5, 0.6) is 0 Å². The number of benzene rings is 1. The Bertz CT molecular complexity index is 280. The van der Waals surface area contributed by atoms with Crippen molar-refractivity contribution in [3.05, 3.63) is 29.8 Å². The summed E-state index contributed by atoms with van der Waals surface area (Å²) < 4.78 is 0. The highest BCUT2D eigenvalue weighted by Gasteiger charge is 2.22. The molecule has 0 radical (unpaired) electrons. The number of quaternary nitrogens is 1. The summed E-state index contributed by atoms with van der Waals surface area (Å²) in [6, 6.07) is 8.79. The Morgan fingerprint density at radius 3 is 2.92 bits per heavy atom. The molecule has 1 aromatic carbocycles. The quantitative estimate of drug-likeness (QED) is 0.581. The molecule has 2 rings (SSSR count). The van der Waals surface area contributed by atoms with Crippen LogP contribution in [-0.2, 0) is 6.42 Å². The monoisotopic (exact) mass is 162 g/mol. The third-order valence-electron chi connectivity index (χ3n) is 2.70. The van der Waals surface area contributed by atoms with Crippen molar-refractivity contribution in [2.45, 2.75) is 13.3 Å². The minimum Gasteiger partial charge on any atom is -0.304 e. The molecule has 0 saturated carbocycles. The molecule has 0 fully saturated rings. The molecule has 0 aliphatic carbocycles. The number of nitrogens with one attached hydrogen (secondary N) is 1. The zero-order valence-corrected chi connectivity index (χ0v) is 7.80. The van der Waals surface area contributed by atoms with Gasteiger partial charge in [-0.15, -0.1) is 0 Å². The van der Waals surface area contributed by atoms with Gasteiger partial charge in [0.25, 0.3) is 0 Å². The van der Waals surface area contributed by atoms with E-state index >= 15 is 0 Å². The van der Waals surface area contributed by atoms with Crippen molar-refractivity contribution in [3.8, 4) is 0 Å². The van der Waals surface area contributed by atoms with Gasteiger partial charge >= 0.3 is 0 Å². The van der Waals surface area contributed by atoms with E-state index in [0.29, 0.717) is 0 Å². The Labute approximate surface area is 74.0 Å². The maximum absolute atomic E-state index is 2.33. The molecule has 0 spiro atoms. The minimum absolute atomic E-state index is 0.833. The van der Waals surface area contributed by atoms with Crippen LogP contribution in [0.25, 0.3) is 0 Å². The van der Waals surface area contributed by atoms with Crippen molar-refractivity contribution in [1.29, 1.82) is 0 Å². The molecular weight excluding hydrogens is 146 g/mol. The molecule has 1 nitrogen and oxygen atoms in total. The lowest BCUT2D eigenvalue weighted by Gasteiger charge is -2.26. The van der Waals surface area contributed by atoms with Crippen molar-refractivity contribution in [2.75, 3.05) is 13.6 Å². The molecule has 12 heavy (non-hydrogen) atoms. The molecule has 1 aliphatic rings. The van der Waals surface area contributed by atoms with E-state index in [1.54, 1.807) is 4.90 Å². The molecular formula is C11H16N+. The van der Waals surface area contributed by atoms with Crippen LogP contribution in [-0.4, -0.2) is 13.6 Å². The first-order valence-corrected chi connectivity index (χ1v) is 4.68. The number of fused-ring (bicyclic) bond motifs is 1. The van der Waals surface area contributed by atoms with Crippen molar-refractivity contribution < 1.29 is 4.90 Å². The number of hydrogen-bond donors (Lipinski definition) is 1. The highest BCUT2D eigenvalue weighted by molar-refractivity contribution is 5.40. The summed E-state index contributed by atoms with van der Waals surface area (Å²) in [5.74, 6) is 0.833. The van der Waals surface area contributed by atoms with E-state index in [2.05, 4.69) is 38.2 Å². The van der Waals surface area contributed by atoms with E-state index < -0.39 is 0 Å². The van der Waals surface area contributed by atoms with Crippen molar-refractivity contribution in [1.82, 2.24) is 0 Å². The normalized spacial score (nSPS) is 28.2. The lowest BCUT2D eigenvalue weighted by Crippen LogP contribution is -3.05. The molecule has 1 heterocycles. The van der Waals surface area contributed by atoms with E-state index in [-0.39, 0.29) is 0 Å². The SMILES string of the molecule is CC1Cc2ccccc2[NH+](C)C1. The fraction of sp³-hybridized carbons (Fsp3) is 0.455. The number of para-hydroxylation sites is 1. The van der Waals surface area contributed by atoms with Gasteiger partial charge < -0.3 is 4.90 Å². The highest BCUT2D eigenvalue weighted by Crippen LogP contribution is 2.18. The Morgan fingerprint density at radius 2 is 2.08 bits per heavy atom. The summed E-state index contributed by atoms with van der Waals surface area (Å²) >= 11 is 0. The van der Waals surface area contributed by atoms with Gasteiger partial charge in [-0.05, 0) is 12.5 Å². The molecule has 0 bridgehead atoms. The van der Waals surface area contributed by atoms with Crippen LogP contribution in [0.3, 0.4) is 0 Å². The first-order chi connectivity index (χ1) is 5.77. The van der Waals surface area contributed by atoms with Crippen LogP contribution in [0, 0.1) is 5.92 Å². The first kappa shape index (κ1) is 7.81. The van der Waals surface area contributed by atoms with E-state index in [0.717, 1.165) is 5.92 Å². The predicted octanol–water partition coefficient (Wildman–Crippen LogP) is 1.02. The summed E-state index contributed by atoms with van der Waals surface area (Å²) in [5, 5.41) is 0. The molecule has 0 amide bonds.